The minimum absolute atomic E-state index is 0.0468. The smallest absolute Gasteiger partial charge is 0.408 e. The van der Waals surface area contributed by atoms with Crippen LogP contribution in [0.2, 0.25) is 0 Å². The third-order valence-corrected chi connectivity index (χ3v) is 7.58. The highest BCUT2D eigenvalue weighted by Gasteiger charge is 2.45. The van der Waals surface area contributed by atoms with E-state index < -0.39 is 60.0 Å². The van der Waals surface area contributed by atoms with Gasteiger partial charge in [0.2, 0.25) is 17.7 Å². The standard InChI is InChI=1S/C33H45N5O7/c1-5-23-16-17-38(27(23)30(42)37-33(2,3)4)31(43)28(40)24(18-21-12-8-6-9-13-21)35-29(41)25(19-26(34)39)36-32(44)45-20-22-14-10-7-11-15-22/h6-15,23-25,27-28,40H,5,16-20H2,1-4H3,(H2,34,39)(H,35,41)(H,36,44)(H,37,42)/t23-,24-,25-,27-,28-/m0/s1. The molecule has 45 heavy (non-hydrogen) atoms. The fourth-order valence-corrected chi connectivity index (χ4v) is 5.38. The fraction of sp³-hybridized carbons (Fsp3) is 0.485. The van der Waals surface area contributed by atoms with Crippen LogP contribution in [-0.4, -0.2) is 76.0 Å². The third-order valence-electron chi connectivity index (χ3n) is 7.58. The molecule has 12 nitrogen and oxygen atoms in total. The summed E-state index contributed by atoms with van der Waals surface area (Å²) in [4.78, 5) is 66.4. The van der Waals surface area contributed by atoms with Gasteiger partial charge in [0, 0.05) is 12.1 Å². The number of likely N-dealkylation sites (tertiary alicyclic amines) is 1. The lowest BCUT2D eigenvalue weighted by atomic mass is 9.95. The summed E-state index contributed by atoms with van der Waals surface area (Å²) < 4.78 is 5.20. The maximum absolute atomic E-state index is 13.8. The average molecular weight is 624 g/mol. The van der Waals surface area contributed by atoms with E-state index in [0.29, 0.717) is 18.4 Å². The van der Waals surface area contributed by atoms with Gasteiger partial charge >= 0.3 is 6.09 Å². The summed E-state index contributed by atoms with van der Waals surface area (Å²) in [6, 6.07) is 14.4. The third kappa shape index (κ3) is 10.6. The van der Waals surface area contributed by atoms with E-state index in [0.717, 1.165) is 5.56 Å². The van der Waals surface area contributed by atoms with Crippen molar-refractivity contribution in [1.29, 1.82) is 0 Å². The molecule has 0 radical (unpaired) electrons. The molecule has 5 amide bonds. The highest BCUT2D eigenvalue weighted by atomic mass is 16.5. The highest BCUT2D eigenvalue weighted by Crippen LogP contribution is 2.29. The van der Waals surface area contributed by atoms with Crippen molar-refractivity contribution >= 4 is 29.7 Å². The van der Waals surface area contributed by atoms with Crippen molar-refractivity contribution in [3.8, 4) is 0 Å². The van der Waals surface area contributed by atoms with Crippen LogP contribution < -0.4 is 21.7 Å². The number of benzene rings is 2. The van der Waals surface area contributed by atoms with E-state index in [9.17, 15) is 29.1 Å². The van der Waals surface area contributed by atoms with Crippen LogP contribution in [0.4, 0.5) is 4.79 Å². The molecule has 1 saturated heterocycles. The average Bonchev–Trinajstić information content (AvgIpc) is 3.43. The van der Waals surface area contributed by atoms with Gasteiger partial charge in [-0.1, -0.05) is 74.0 Å². The Hall–Kier alpha value is -4.45. The summed E-state index contributed by atoms with van der Waals surface area (Å²) in [7, 11) is 0. The molecule has 0 unspecified atom stereocenters. The molecule has 3 rings (SSSR count). The van der Waals surface area contributed by atoms with E-state index in [1.54, 1.807) is 54.6 Å². The minimum Gasteiger partial charge on any atom is -0.445 e. The lowest BCUT2D eigenvalue weighted by molar-refractivity contribution is -0.148. The second-order valence-corrected chi connectivity index (χ2v) is 12.4. The number of aliphatic hydroxyl groups is 1. The number of alkyl carbamates (subject to hydrolysis) is 1. The number of aliphatic hydroxyl groups excluding tert-OH is 1. The van der Waals surface area contributed by atoms with Crippen LogP contribution in [0.5, 0.6) is 0 Å². The summed E-state index contributed by atoms with van der Waals surface area (Å²) in [5, 5.41) is 19.4. The first kappa shape index (κ1) is 35.0. The first-order chi connectivity index (χ1) is 21.3. The molecular formula is C33H45N5O7. The summed E-state index contributed by atoms with van der Waals surface area (Å²) in [6.45, 7) is 7.69. The summed E-state index contributed by atoms with van der Waals surface area (Å²) in [5.74, 6) is -2.81. The molecule has 12 heteroatoms. The van der Waals surface area contributed by atoms with Gasteiger partial charge in [-0.05, 0) is 50.7 Å². The first-order valence-electron chi connectivity index (χ1n) is 15.2. The van der Waals surface area contributed by atoms with Crippen molar-refractivity contribution in [2.75, 3.05) is 6.54 Å². The van der Waals surface area contributed by atoms with Gasteiger partial charge in [0.05, 0.1) is 12.5 Å². The molecule has 0 spiro atoms. The van der Waals surface area contributed by atoms with Gasteiger partial charge < -0.3 is 36.4 Å². The molecule has 1 fully saturated rings. The van der Waals surface area contributed by atoms with Crippen LogP contribution in [0, 0.1) is 5.92 Å². The van der Waals surface area contributed by atoms with Gasteiger partial charge in [-0.25, -0.2) is 4.79 Å². The molecule has 1 aliphatic rings. The van der Waals surface area contributed by atoms with Gasteiger partial charge in [0.15, 0.2) is 6.10 Å². The van der Waals surface area contributed by atoms with Crippen molar-refractivity contribution in [2.45, 2.75) is 89.8 Å². The molecule has 2 aromatic rings. The fourth-order valence-electron chi connectivity index (χ4n) is 5.38. The van der Waals surface area contributed by atoms with E-state index in [4.69, 9.17) is 10.5 Å². The minimum atomic E-state index is -1.74. The normalized spacial score (nSPS) is 18.3. The number of nitrogens with one attached hydrogen (secondary N) is 3. The summed E-state index contributed by atoms with van der Waals surface area (Å²) >= 11 is 0. The Morgan fingerprint density at radius 3 is 2.13 bits per heavy atom. The Balaban J connectivity index is 1.81. The Kier molecular flexibility index (Phi) is 12.5. The van der Waals surface area contributed by atoms with Crippen LogP contribution in [0.15, 0.2) is 60.7 Å². The number of amides is 5. The van der Waals surface area contributed by atoms with Crippen LogP contribution in [-0.2, 0) is 36.9 Å². The van der Waals surface area contributed by atoms with E-state index in [1.165, 1.54) is 4.90 Å². The van der Waals surface area contributed by atoms with E-state index >= 15 is 0 Å². The second kappa shape index (κ2) is 16.0. The Morgan fingerprint density at radius 2 is 1.58 bits per heavy atom. The Bertz CT molecular complexity index is 1320. The number of carbonyl (C=O) groups excluding carboxylic acids is 5. The zero-order chi connectivity index (χ0) is 33.1. The first-order valence-corrected chi connectivity index (χ1v) is 15.2. The number of ether oxygens (including phenoxy) is 1. The molecular weight excluding hydrogens is 578 g/mol. The maximum Gasteiger partial charge on any atom is 0.408 e. The highest BCUT2D eigenvalue weighted by molar-refractivity contribution is 5.93. The zero-order valence-corrected chi connectivity index (χ0v) is 26.3. The van der Waals surface area contributed by atoms with E-state index in [1.807, 2.05) is 33.8 Å². The predicted molar refractivity (Wildman–Crippen MR) is 167 cm³/mol. The SMILES string of the molecule is CC[C@H]1CCN(C(=O)[C@@H](O)[C@H](Cc2ccccc2)NC(=O)[C@H](CC(N)=O)NC(=O)OCc2ccccc2)[C@@H]1C(=O)NC(C)(C)C. The van der Waals surface area contributed by atoms with Gasteiger partial charge in [-0.2, -0.15) is 0 Å². The number of rotatable bonds is 13. The van der Waals surface area contributed by atoms with Crippen LogP contribution >= 0.6 is 0 Å². The monoisotopic (exact) mass is 623 g/mol. The molecule has 2 aromatic carbocycles. The molecule has 5 atom stereocenters. The summed E-state index contributed by atoms with van der Waals surface area (Å²) in [6.07, 6.45) is -1.95. The largest absolute Gasteiger partial charge is 0.445 e. The lowest BCUT2D eigenvalue weighted by Crippen LogP contribution is -2.59. The Morgan fingerprint density at radius 1 is 0.978 bits per heavy atom. The number of hydrogen-bond acceptors (Lipinski definition) is 7. The van der Waals surface area contributed by atoms with Gasteiger partial charge in [0.1, 0.15) is 18.7 Å². The van der Waals surface area contributed by atoms with Crippen molar-refractivity contribution in [2.24, 2.45) is 11.7 Å². The quantitative estimate of drug-likeness (QED) is 0.226. The molecule has 1 aliphatic heterocycles. The molecule has 6 N–H and O–H groups in total. The maximum atomic E-state index is 13.8. The number of carbonyl (C=O) groups is 5. The summed E-state index contributed by atoms with van der Waals surface area (Å²) in [5.41, 5.74) is 6.27. The van der Waals surface area contributed by atoms with Gasteiger partial charge in [0.25, 0.3) is 5.91 Å². The van der Waals surface area contributed by atoms with Gasteiger partial charge in [-0.15, -0.1) is 0 Å². The predicted octanol–water partition coefficient (Wildman–Crippen LogP) is 1.79. The van der Waals surface area contributed by atoms with Crippen molar-refractivity contribution in [3.05, 3.63) is 71.8 Å². The number of nitrogens with zero attached hydrogens (tertiary/aromatic N) is 1. The van der Waals surface area contributed by atoms with Crippen LogP contribution in [0.3, 0.4) is 0 Å². The Labute approximate surface area is 264 Å². The topological polar surface area (TPSA) is 180 Å². The second-order valence-electron chi connectivity index (χ2n) is 12.4. The zero-order valence-electron chi connectivity index (χ0n) is 26.3. The molecule has 0 saturated carbocycles. The number of nitrogens with two attached hydrogens (primary N) is 1. The number of primary amides is 1. The molecule has 0 aliphatic carbocycles. The van der Waals surface area contributed by atoms with Gasteiger partial charge in [-0.3, -0.25) is 19.2 Å². The van der Waals surface area contributed by atoms with Crippen molar-refractivity contribution in [3.63, 3.8) is 0 Å². The molecule has 244 valence electrons. The van der Waals surface area contributed by atoms with Crippen LogP contribution in [0.25, 0.3) is 0 Å². The van der Waals surface area contributed by atoms with Crippen molar-refractivity contribution in [1.82, 2.24) is 20.9 Å². The van der Waals surface area contributed by atoms with E-state index in [2.05, 4.69) is 16.0 Å². The number of hydrogen-bond donors (Lipinski definition) is 5. The molecule has 0 aromatic heterocycles. The molecule has 0 bridgehead atoms. The van der Waals surface area contributed by atoms with Crippen LogP contribution in [0.1, 0.15) is 58.1 Å². The molecule has 1 heterocycles. The van der Waals surface area contributed by atoms with Crippen molar-refractivity contribution < 1.29 is 33.8 Å². The van der Waals surface area contributed by atoms with E-state index in [-0.39, 0.29) is 31.4 Å². The lowest BCUT2D eigenvalue weighted by Gasteiger charge is -2.33.